The number of anilines is 1. The molecule has 5 nitrogen and oxygen atoms in total. The van der Waals surface area contributed by atoms with Gasteiger partial charge in [-0.1, -0.05) is 17.7 Å². The first-order valence-electron chi connectivity index (χ1n) is 11.1. The Morgan fingerprint density at radius 3 is 2.52 bits per heavy atom. The molecule has 31 heavy (non-hydrogen) atoms. The van der Waals surface area contributed by atoms with Crippen molar-refractivity contribution in [3.05, 3.63) is 46.3 Å². The van der Waals surface area contributed by atoms with E-state index in [-0.39, 0.29) is 0 Å². The third kappa shape index (κ3) is 4.33. The maximum absolute atomic E-state index is 6.35. The van der Waals surface area contributed by atoms with Gasteiger partial charge in [0.25, 0.3) is 0 Å². The number of benzene rings is 1. The molecule has 1 aromatic heterocycles. The number of allylic oxidation sites excluding steroid dienone is 3. The summed E-state index contributed by atoms with van der Waals surface area (Å²) >= 11 is 6.35. The summed E-state index contributed by atoms with van der Waals surface area (Å²) in [7, 11) is 3.35. The van der Waals surface area contributed by atoms with Crippen molar-refractivity contribution in [1.29, 1.82) is 0 Å². The smallest absolute Gasteiger partial charge is 0.162 e. The van der Waals surface area contributed by atoms with E-state index in [0.717, 1.165) is 78.3 Å². The molecule has 1 saturated heterocycles. The number of aryl methyl sites for hydroxylation is 1. The van der Waals surface area contributed by atoms with Gasteiger partial charge in [0.15, 0.2) is 11.5 Å². The fraction of sp³-hybridized carbons (Fsp3) is 0.480. The Balaban J connectivity index is 1.62. The van der Waals surface area contributed by atoms with E-state index in [2.05, 4.69) is 28.4 Å². The molecule has 1 fully saturated rings. The zero-order valence-corrected chi connectivity index (χ0v) is 19.7. The monoisotopic (exact) mass is 441 g/mol. The van der Waals surface area contributed by atoms with Gasteiger partial charge in [0.2, 0.25) is 0 Å². The molecule has 0 spiro atoms. The van der Waals surface area contributed by atoms with Crippen LogP contribution < -0.4 is 14.8 Å². The van der Waals surface area contributed by atoms with Crippen LogP contribution in [0.4, 0.5) is 5.69 Å². The van der Waals surface area contributed by atoms with Gasteiger partial charge in [0, 0.05) is 47.0 Å². The normalized spacial score (nSPS) is 17.8. The Morgan fingerprint density at radius 2 is 1.87 bits per heavy atom. The number of hydrogen-bond donors (Lipinski definition) is 1. The fourth-order valence-electron chi connectivity index (χ4n) is 4.82. The number of piperidine rings is 1. The molecule has 0 saturated carbocycles. The zero-order valence-electron chi connectivity index (χ0n) is 18.9. The highest BCUT2D eigenvalue weighted by Gasteiger charge is 2.25. The Morgan fingerprint density at radius 1 is 1.16 bits per heavy atom. The number of pyridine rings is 1. The first kappa shape index (κ1) is 21.8. The van der Waals surface area contributed by atoms with Crippen molar-refractivity contribution in [2.75, 3.05) is 32.6 Å². The molecule has 0 amide bonds. The van der Waals surface area contributed by atoms with Crippen LogP contribution in [0.1, 0.15) is 44.4 Å². The van der Waals surface area contributed by atoms with E-state index in [1.807, 2.05) is 19.9 Å². The van der Waals surface area contributed by atoms with Crippen LogP contribution >= 0.6 is 11.6 Å². The SMILES string of the molecule is C/C=C\C(=C(/C)Cl)N1CCC(Nc2c3c(nc4cc(OC)c(OC)cc24)CCC3)CC1. The summed E-state index contributed by atoms with van der Waals surface area (Å²) in [6.07, 6.45) is 9.58. The highest BCUT2D eigenvalue weighted by Crippen LogP contribution is 2.40. The maximum Gasteiger partial charge on any atom is 0.162 e. The molecule has 0 unspecified atom stereocenters. The molecule has 4 rings (SSSR count). The standard InChI is InChI=1S/C25H32ClN3O2/c1-5-7-22(16(2)26)29-12-10-17(11-13-29)27-25-18-8-6-9-20(18)28-21-15-24(31-4)23(30-3)14-19(21)25/h5,7,14-15,17H,6,8-13H2,1-4H3,(H,27,28)/b7-5-,22-16-. The average Bonchev–Trinajstić information content (AvgIpc) is 3.25. The summed E-state index contributed by atoms with van der Waals surface area (Å²) in [5, 5.41) is 5.87. The van der Waals surface area contributed by atoms with Crippen LogP contribution in [0, 0.1) is 0 Å². The third-order valence-corrected chi connectivity index (χ3v) is 6.57. The number of rotatable bonds is 6. The molecule has 2 aliphatic rings. The van der Waals surface area contributed by atoms with Crippen molar-refractivity contribution in [2.24, 2.45) is 0 Å². The Kier molecular flexibility index (Phi) is 6.61. The molecule has 1 aromatic carbocycles. The lowest BCUT2D eigenvalue weighted by Gasteiger charge is -2.36. The van der Waals surface area contributed by atoms with Crippen LogP contribution in [0.15, 0.2) is 35.0 Å². The molecular formula is C25H32ClN3O2. The first-order valence-corrected chi connectivity index (χ1v) is 11.5. The van der Waals surface area contributed by atoms with Gasteiger partial charge < -0.3 is 19.7 Å². The molecule has 0 atom stereocenters. The van der Waals surface area contributed by atoms with E-state index in [4.69, 9.17) is 26.1 Å². The number of likely N-dealkylation sites (tertiary alicyclic amines) is 1. The molecule has 1 N–H and O–H groups in total. The van der Waals surface area contributed by atoms with Crippen molar-refractivity contribution in [3.8, 4) is 11.5 Å². The third-order valence-electron chi connectivity index (χ3n) is 6.38. The number of ether oxygens (including phenoxy) is 2. The summed E-state index contributed by atoms with van der Waals surface area (Å²) in [4.78, 5) is 7.35. The first-order chi connectivity index (χ1) is 15.0. The molecule has 1 aliphatic carbocycles. The largest absolute Gasteiger partial charge is 0.493 e. The lowest BCUT2D eigenvalue weighted by atomic mass is 10.0. The number of methoxy groups -OCH3 is 2. The van der Waals surface area contributed by atoms with Gasteiger partial charge in [-0.25, -0.2) is 0 Å². The van der Waals surface area contributed by atoms with Crippen molar-refractivity contribution in [3.63, 3.8) is 0 Å². The second-order valence-corrected chi connectivity index (χ2v) is 8.88. The topological polar surface area (TPSA) is 46.6 Å². The second kappa shape index (κ2) is 9.39. The Bertz CT molecular complexity index is 1020. The quantitative estimate of drug-likeness (QED) is 0.585. The van der Waals surface area contributed by atoms with Gasteiger partial charge >= 0.3 is 0 Å². The van der Waals surface area contributed by atoms with Gasteiger partial charge in [-0.2, -0.15) is 0 Å². The molecule has 0 radical (unpaired) electrons. The van der Waals surface area contributed by atoms with Crippen molar-refractivity contribution < 1.29 is 9.47 Å². The van der Waals surface area contributed by atoms with Gasteiger partial charge in [-0.3, -0.25) is 4.98 Å². The Labute approximate surface area is 190 Å². The number of halogens is 1. The molecule has 166 valence electrons. The lowest BCUT2D eigenvalue weighted by Crippen LogP contribution is -2.38. The van der Waals surface area contributed by atoms with Gasteiger partial charge in [0.1, 0.15) is 0 Å². The molecule has 1 aliphatic heterocycles. The number of aromatic nitrogens is 1. The number of nitrogens with one attached hydrogen (secondary N) is 1. The van der Waals surface area contributed by atoms with E-state index >= 15 is 0 Å². The minimum Gasteiger partial charge on any atom is -0.493 e. The molecule has 2 heterocycles. The number of fused-ring (bicyclic) bond motifs is 2. The number of hydrogen-bond acceptors (Lipinski definition) is 5. The van der Waals surface area contributed by atoms with E-state index in [1.54, 1.807) is 14.2 Å². The minimum absolute atomic E-state index is 0.419. The number of nitrogens with zero attached hydrogens (tertiary/aromatic N) is 2. The molecule has 0 bridgehead atoms. The summed E-state index contributed by atoms with van der Waals surface area (Å²) in [5.41, 5.74) is 5.92. The van der Waals surface area contributed by atoms with E-state index in [9.17, 15) is 0 Å². The predicted octanol–water partition coefficient (Wildman–Crippen LogP) is 5.66. The minimum atomic E-state index is 0.419. The van der Waals surface area contributed by atoms with Crippen LogP contribution in [-0.2, 0) is 12.8 Å². The van der Waals surface area contributed by atoms with Crippen molar-refractivity contribution in [1.82, 2.24) is 9.88 Å². The van der Waals surface area contributed by atoms with E-state index in [1.165, 1.54) is 16.9 Å². The van der Waals surface area contributed by atoms with E-state index < -0.39 is 0 Å². The van der Waals surface area contributed by atoms with Crippen LogP contribution in [-0.4, -0.2) is 43.2 Å². The summed E-state index contributed by atoms with van der Waals surface area (Å²) in [6.45, 7) is 5.98. The summed E-state index contributed by atoms with van der Waals surface area (Å²) in [5.74, 6) is 1.46. The zero-order chi connectivity index (χ0) is 22.0. The average molecular weight is 442 g/mol. The molecule has 6 heteroatoms. The molecule has 2 aromatic rings. The van der Waals surface area contributed by atoms with Gasteiger partial charge in [-0.15, -0.1) is 0 Å². The van der Waals surface area contributed by atoms with Crippen LogP contribution in [0.5, 0.6) is 11.5 Å². The van der Waals surface area contributed by atoms with Crippen molar-refractivity contribution in [2.45, 2.75) is 52.0 Å². The lowest BCUT2D eigenvalue weighted by molar-refractivity contribution is 0.278. The summed E-state index contributed by atoms with van der Waals surface area (Å²) < 4.78 is 11.1. The van der Waals surface area contributed by atoms with Crippen LogP contribution in [0.2, 0.25) is 0 Å². The molecular weight excluding hydrogens is 410 g/mol. The second-order valence-electron chi connectivity index (χ2n) is 8.31. The summed E-state index contributed by atoms with van der Waals surface area (Å²) in [6, 6.07) is 4.49. The van der Waals surface area contributed by atoms with Crippen LogP contribution in [0.3, 0.4) is 0 Å². The maximum atomic E-state index is 6.35. The fourth-order valence-corrected chi connectivity index (χ4v) is 5.00. The van der Waals surface area contributed by atoms with E-state index in [0.29, 0.717) is 6.04 Å². The Hall–Kier alpha value is -2.40. The van der Waals surface area contributed by atoms with Gasteiger partial charge in [-0.05, 0) is 63.7 Å². The predicted molar refractivity (Wildman–Crippen MR) is 128 cm³/mol. The van der Waals surface area contributed by atoms with Crippen molar-refractivity contribution >= 4 is 28.2 Å². The highest BCUT2D eigenvalue weighted by atomic mass is 35.5. The van der Waals surface area contributed by atoms with Crippen LogP contribution in [0.25, 0.3) is 10.9 Å². The van der Waals surface area contributed by atoms with Gasteiger partial charge in [0.05, 0.1) is 25.4 Å². The highest BCUT2D eigenvalue weighted by molar-refractivity contribution is 6.29.